The molecule has 122 valence electrons. The van der Waals surface area contributed by atoms with Crippen LogP contribution < -0.4 is 4.90 Å². The Labute approximate surface area is 138 Å². The van der Waals surface area contributed by atoms with Crippen molar-refractivity contribution in [1.29, 1.82) is 0 Å². The first-order valence-electron chi connectivity index (χ1n) is 8.07. The van der Waals surface area contributed by atoms with Gasteiger partial charge in [-0.25, -0.2) is 9.97 Å². The highest BCUT2D eigenvalue weighted by atomic mass is 16.2. The molecule has 2 aromatic rings. The average Bonchev–Trinajstić information content (AvgIpc) is 2.61. The van der Waals surface area contributed by atoms with E-state index in [1.807, 2.05) is 37.4 Å². The Morgan fingerprint density at radius 3 is 2.52 bits per heavy atom. The molecule has 1 heterocycles. The fourth-order valence-electron chi connectivity index (χ4n) is 2.39. The molecule has 1 amide bonds. The van der Waals surface area contributed by atoms with E-state index >= 15 is 0 Å². The molecule has 0 bridgehead atoms. The molecule has 1 aromatic carbocycles. The van der Waals surface area contributed by atoms with Gasteiger partial charge in [-0.1, -0.05) is 31.5 Å². The fourth-order valence-corrected chi connectivity index (χ4v) is 2.39. The number of unbranched alkanes of at least 4 members (excludes halogenated alkanes) is 1. The number of nitrogens with zero attached hydrogens (tertiary/aromatic N) is 4. The summed E-state index contributed by atoms with van der Waals surface area (Å²) in [5.41, 5.74) is 1.48. The first-order chi connectivity index (χ1) is 11.2. The van der Waals surface area contributed by atoms with Gasteiger partial charge in [0.2, 0.25) is 0 Å². The molecule has 0 saturated heterocycles. The van der Waals surface area contributed by atoms with Crippen molar-refractivity contribution in [3.63, 3.8) is 0 Å². The van der Waals surface area contributed by atoms with Gasteiger partial charge in [-0.05, 0) is 25.5 Å². The van der Waals surface area contributed by atoms with Crippen LogP contribution in [0.25, 0.3) is 0 Å². The highest BCUT2D eigenvalue weighted by molar-refractivity contribution is 5.92. The molecular weight excluding hydrogens is 288 g/mol. The lowest BCUT2D eigenvalue weighted by atomic mass is 10.2. The van der Waals surface area contributed by atoms with Gasteiger partial charge in [0.05, 0.1) is 0 Å². The van der Waals surface area contributed by atoms with Gasteiger partial charge >= 0.3 is 0 Å². The molecule has 0 aliphatic heterocycles. The second kappa shape index (κ2) is 8.27. The van der Waals surface area contributed by atoms with Crippen LogP contribution in [-0.4, -0.2) is 40.9 Å². The largest absolute Gasteiger partial charge is 0.340 e. The second-order valence-corrected chi connectivity index (χ2v) is 5.42. The Balaban J connectivity index is 2.23. The summed E-state index contributed by atoms with van der Waals surface area (Å²) in [6, 6.07) is 11.8. The van der Waals surface area contributed by atoms with E-state index in [4.69, 9.17) is 0 Å². The zero-order valence-electron chi connectivity index (χ0n) is 14.1. The molecule has 5 nitrogen and oxygen atoms in total. The number of amides is 1. The smallest absolute Gasteiger partial charge is 0.272 e. The van der Waals surface area contributed by atoms with Crippen molar-refractivity contribution in [2.24, 2.45) is 0 Å². The summed E-state index contributed by atoms with van der Waals surface area (Å²) in [5, 5.41) is 0. The average molecular weight is 312 g/mol. The normalized spacial score (nSPS) is 10.4. The molecular formula is C18H24N4O. The van der Waals surface area contributed by atoms with E-state index in [0.29, 0.717) is 5.69 Å². The lowest BCUT2D eigenvalue weighted by molar-refractivity contribution is 0.0787. The van der Waals surface area contributed by atoms with Crippen molar-refractivity contribution >= 4 is 17.4 Å². The van der Waals surface area contributed by atoms with Gasteiger partial charge in [-0.3, -0.25) is 4.79 Å². The summed E-state index contributed by atoms with van der Waals surface area (Å²) in [6.07, 6.45) is 3.51. The van der Waals surface area contributed by atoms with Gasteiger partial charge in [0, 0.05) is 31.9 Å². The predicted molar refractivity (Wildman–Crippen MR) is 93.0 cm³/mol. The predicted octanol–water partition coefficient (Wildman–Crippen LogP) is 3.51. The summed E-state index contributed by atoms with van der Waals surface area (Å²) in [5.74, 6) is 0.673. The first-order valence-corrected chi connectivity index (χ1v) is 8.07. The van der Waals surface area contributed by atoms with Gasteiger partial charge < -0.3 is 9.80 Å². The van der Waals surface area contributed by atoms with Crippen molar-refractivity contribution in [2.45, 2.75) is 26.7 Å². The number of carbonyl (C=O) groups is 1. The Morgan fingerprint density at radius 1 is 1.13 bits per heavy atom. The highest BCUT2D eigenvalue weighted by Gasteiger charge is 2.16. The van der Waals surface area contributed by atoms with Crippen LogP contribution in [0.5, 0.6) is 0 Å². The van der Waals surface area contributed by atoms with E-state index < -0.39 is 0 Å². The van der Waals surface area contributed by atoms with E-state index in [-0.39, 0.29) is 5.91 Å². The van der Waals surface area contributed by atoms with Crippen LogP contribution in [0.15, 0.2) is 42.7 Å². The SMILES string of the molecule is CCCCN(C)C(=O)c1cc(N(CC)c2ccccc2)ncn1. The van der Waals surface area contributed by atoms with Crippen molar-refractivity contribution in [3.8, 4) is 0 Å². The summed E-state index contributed by atoms with van der Waals surface area (Å²) >= 11 is 0. The van der Waals surface area contributed by atoms with Crippen LogP contribution in [0.2, 0.25) is 0 Å². The van der Waals surface area contributed by atoms with E-state index in [9.17, 15) is 4.79 Å². The van der Waals surface area contributed by atoms with E-state index in [0.717, 1.165) is 37.4 Å². The minimum Gasteiger partial charge on any atom is -0.340 e. The molecule has 0 N–H and O–H groups in total. The number of aromatic nitrogens is 2. The lowest BCUT2D eigenvalue weighted by Gasteiger charge is -2.22. The zero-order chi connectivity index (χ0) is 16.7. The zero-order valence-corrected chi connectivity index (χ0v) is 14.1. The minimum atomic E-state index is -0.0637. The third kappa shape index (κ3) is 4.28. The number of hydrogen-bond acceptors (Lipinski definition) is 4. The quantitative estimate of drug-likeness (QED) is 0.785. The standard InChI is InChI=1S/C18H24N4O/c1-4-6-12-21(3)18(23)16-13-17(20-14-19-16)22(5-2)15-10-8-7-9-11-15/h7-11,13-14H,4-6,12H2,1-3H3. The number of para-hydroxylation sites is 1. The maximum atomic E-state index is 12.5. The number of anilines is 2. The van der Waals surface area contributed by atoms with Crippen LogP contribution >= 0.6 is 0 Å². The molecule has 0 unspecified atom stereocenters. The molecule has 0 aliphatic carbocycles. The van der Waals surface area contributed by atoms with Crippen molar-refractivity contribution < 1.29 is 4.79 Å². The summed E-state index contributed by atoms with van der Waals surface area (Å²) < 4.78 is 0. The van der Waals surface area contributed by atoms with Crippen LogP contribution in [0.1, 0.15) is 37.2 Å². The maximum absolute atomic E-state index is 12.5. The van der Waals surface area contributed by atoms with Crippen molar-refractivity contribution in [3.05, 3.63) is 48.4 Å². The number of rotatable bonds is 7. The maximum Gasteiger partial charge on any atom is 0.272 e. The molecule has 0 atom stereocenters. The van der Waals surface area contributed by atoms with Crippen LogP contribution in [0.4, 0.5) is 11.5 Å². The topological polar surface area (TPSA) is 49.3 Å². The third-order valence-electron chi connectivity index (χ3n) is 3.73. The van der Waals surface area contributed by atoms with Gasteiger partial charge in [-0.2, -0.15) is 0 Å². The molecule has 1 aromatic heterocycles. The Bertz CT molecular complexity index is 630. The van der Waals surface area contributed by atoms with Crippen molar-refractivity contribution in [2.75, 3.05) is 25.0 Å². The molecule has 5 heteroatoms. The number of benzene rings is 1. The van der Waals surface area contributed by atoms with Gasteiger partial charge in [0.15, 0.2) is 0 Å². The monoisotopic (exact) mass is 312 g/mol. The van der Waals surface area contributed by atoms with Crippen molar-refractivity contribution in [1.82, 2.24) is 14.9 Å². The Morgan fingerprint density at radius 2 is 1.87 bits per heavy atom. The molecule has 0 aliphatic rings. The highest BCUT2D eigenvalue weighted by Crippen LogP contribution is 2.23. The Kier molecular flexibility index (Phi) is 6.09. The molecule has 0 saturated carbocycles. The van der Waals surface area contributed by atoms with Gasteiger partial charge in [0.25, 0.3) is 5.91 Å². The summed E-state index contributed by atoms with van der Waals surface area (Å²) in [4.78, 5) is 24.7. The fraction of sp³-hybridized carbons (Fsp3) is 0.389. The second-order valence-electron chi connectivity index (χ2n) is 5.42. The molecule has 23 heavy (non-hydrogen) atoms. The molecule has 0 fully saturated rings. The van der Waals surface area contributed by atoms with Gasteiger partial charge in [-0.15, -0.1) is 0 Å². The molecule has 0 spiro atoms. The van der Waals surface area contributed by atoms with Crippen LogP contribution in [0.3, 0.4) is 0 Å². The Hall–Kier alpha value is -2.43. The minimum absolute atomic E-state index is 0.0637. The van der Waals surface area contributed by atoms with Crippen LogP contribution in [0, 0.1) is 0 Å². The van der Waals surface area contributed by atoms with E-state index in [1.165, 1.54) is 6.33 Å². The van der Waals surface area contributed by atoms with Gasteiger partial charge in [0.1, 0.15) is 17.8 Å². The number of carbonyl (C=O) groups excluding carboxylic acids is 1. The first kappa shape index (κ1) is 16.9. The molecule has 0 radical (unpaired) electrons. The molecule has 2 rings (SSSR count). The summed E-state index contributed by atoms with van der Waals surface area (Å²) in [7, 11) is 1.81. The van der Waals surface area contributed by atoms with E-state index in [2.05, 4.69) is 28.7 Å². The lowest BCUT2D eigenvalue weighted by Crippen LogP contribution is -2.29. The van der Waals surface area contributed by atoms with Crippen LogP contribution in [-0.2, 0) is 0 Å². The summed E-state index contributed by atoms with van der Waals surface area (Å²) in [6.45, 7) is 5.68. The van der Waals surface area contributed by atoms with E-state index in [1.54, 1.807) is 11.0 Å². The number of hydrogen-bond donors (Lipinski definition) is 0. The third-order valence-corrected chi connectivity index (χ3v) is 3.73.